The third-order valence-electron chi connectivity index (χ3n) is 3.41. The predicted molar refractivity (Wildman–Crippen MR) is 57.4 cm³/mol. The molecule has 0 aromatic carbocycles. The molecule has 1 saturated carbocycles. The first-order valence-corrected chi connectivity index (χ1v) is 5.85. The first kappa shape index (κ1) is 10.9. The van der Waals surface area contributed by atoms with Gasteiger partial charge in [0.05, 0.1) is 6.10 Å². The Labute approximate surface area is 90.5 Å². The molecular weight excluding hydrogens is 192 g/mol. The number of ether oxygens (including phenoxy) is 1. The summed E-state index contributed by atoms with van der Waals surface area (Å²) in [7, 11) is 0. The van der Waals surface area contributed by atoms with Crippen molar-refractivity contribution in [3.8, 4) is 0 Å². The number of amides is 1. The highest BCUT2D eigenvalue weighted by Gasteiger charge is 2.34. The lowest BCUT2D eigenvalue weighted by Crippen LogP contribution is -2.50. The van der Waals surface area contributed by atoms with Gasteiger partial charge >= 0.3 is 0 Å². The molecule has 0 spiro atoms. The van der Waals surface area contributed by atoms with E-state index in [1.54, 1.807) is 0 Å². The highest BCUT2D eigenvalue weighted by atomic mass is 16.5. The van der Waals surface area contributed by atoms with Gasteiger partial charge in [-0.05, 0) is 32.1 Å². The molecule has 0 aromatic rings. The van der Waals surface area contributed by atoms with Gasteiger partial charge in [0.1, 0.15) is 0 Å². The Morgan fingerprint density at radius 1 is 1.47 bits per heavy atom. The van der Waals surface area contributed by atoms with Crippen LogP contribution in [0.3, 0.4) is 0 Å². The number of hydrogen-bond acceptors (Lipinski definition) is 3. The maximum absolute atomic E-state index is 11.6. The standard InChI is InChI=1S/C11H20N2O2/c12-11(4-2-5-11)7-10(14)13-8-9-3-1-6-15-9/h9H,1-8,12H2,(H,13,14). The van der Waals surface area contributed by atoms with Crippen molar-refractivity contribution in [3.05, 3.63) is 0 Å². The Morgan fingerprint density at radius 3 is 2.80 bits per heavy atom. The summed E-state index contributed by atoms with van der Waals surface area (Å²) in [6.07, 6.45) is 6.01. The van der Waals surface area contributed by atoms with E-state index in [-0.39, 0.29) is 17.6 Å². The molecule has 4 nitrogen and oxygen atoms in total. The zero-order chi connectivity index (χ0) is 10.7. The van der Waals surface area contributed by atoms with Crippen LogP contribution < -0.4 is 11.1 Å². The van der Waals surface area contributed by atoms with Crippen molar-refractivity contribution in [2.45, 2.75) is 50.2 Å². The van der Waals surface area contributed by atoms with Crippen LogP contribution in [0.4, 0.5) is 0 Å². The minimum Gasteiger partial charge on any atom is -0.376 e. The van der Waals surface area contributed by atoms with E-state index in [9.17, 15) is 4.79 Å². The summed E-state index contributed by atoms with van der Waals surface area (Å²) in [5.41, 5.74) is 5.79. The number of carbonyl (C=O) groups excluding carboxylic acids is 1. The lowest BCUT2D eigenvalue weighted by molar-refractivity contribution is -0.123. The van der Waals surface area contributed by atoms with Gasteiger partial charge in [-0.25, -0.2) is 0 Å². The van der Waals surface area contributed by atoms with Crippen LogP contribution in [0.25, 0.3) is 0 Å². The summed E-state index contributed by atoms with van der Waals surface area (Å²) in [6, 6.07) is 0. The van der Waals surface area contributed by atoms with Gasteiger partial charge in [0.15, 0.2) is 0 Å². The van der Waals surface area contributed by atoms with Crippen LogP contribution in [-0.4, -0.2) is 30.7 Å². The first-order valence-electron chi connectivity index (χ1n) is 5.85. The minimum atomic E-state index is -0.208. The van der Waals surface area contributed by atoms with Crippen molar-refractivity contribution in [3.63, 3.8) is 0 Å². The fourth-order valence-corrected chi connectivity index (χ4v) is 2.22. The van der Waals surface area contributed by atoms with Crippen LogP contribution >= 0.6 is 0 Å². The lowest BCUT2D eigenvalue weighted by atomic mass is 9.75. The summed E-state index contributed by atoms with van der Waals surface area (Å²) in [6.45, 7) is 1.48. The smallest absolute Gasteiger partial charge is 0.221 e. The van der Waals surface area contributed by atoms with E-state index in [0.717, 1.165) is 38.7 Å². The van der Waals surface area contributed by atoms with Crippen molar-refractivity contribution < 1.29 is 9.53 Å². The molecule has 86 valence electrons. The Morgan fingerprint density at radius 2 is 2.27 bits per heavy atom. The number of hydrogen-bond donors (Lipinski definition) is 2. The molecule has 1 amide bonds. The van der Waals surface area contributed by atoms with Crippen LogP contribution in [0.1, 0.15) is 38.5 Å². The van der Waals surface area contributed by atoms with Gasteiger partial charge in [-0.15, -0.1) is 0 Å². The second kappa shape index (κ2) is 4.49. The Bertz CT molecular complexity index is 233. The third kappa shape index (κ3) is 2.92. The van der Waals surface area contributed by atoms with Gasteiger partial charge in [-0.3, -0.25) is 4.79 Å². The average Bonchev–Trinajstić information content (AvgIpc) is 2.64. The number of nitrogens with one attached hydrogen (secondary N) is 1. The summed E-state index contributed by atoms with van der Waals surface area (Å²) in [5.74, 6) is 0.0766. The Hall–Kier alpha value is -0.610. The van der Waals surface area contributed by atoms with Gasteiger partial charge in [0.2, 0.25) is 5.91 Å². The van der Waals surface area contributed by atoms with Crippen molar-refractivity contribution in [1.82, 2.24) is 5.32 Å². The minimum absolute atomic E-state index is 0.0766. The highest BCUT2D eigenvalue weighted by molar-refractivity contribution is 5.77. The largest absolute Gasteiger partial charge is 0.376 e. The van der Waals surface area contributed by atoms with Crippen LogP contribution in [0.2, 0.25) is 0 Å². The summed E-state index contributed by atoms with van der Waals surface area (Å²) in [5, 5.41) is 2.90. The van der Waals surface area contributed by atoms with Crippen molar-refractivity contribution in [2.75, 3.05) is 13.2 Å². The molecule has 1 heterocycles. The van der Waals surface area contributed by atoms with Crippen molar-refractivity contribution in [1.29, 1.82) is 0 Å². The molecule has 0 bridgehead atoms. The molecule has 2 fully saturated rings. The third-order valence-corrected chi connectivity index (χ3v) is 3.41. The van der Waals surface area contributed by atoms with Crippen LogP contribution in [-0.2, 0) is 9.53 Å². The molecule has 1 saturated heterocycles. The van der Waals surface area contributed by atoms with Crippen LogP contribution in [0.5, 0.6) is 0 Å². The first-order chi connectivity index (χ1) is 7.18. The maximum Gasteiger partial charge on any atom is 0.221 e. The number of nitrogens with two attached hydrogens (primary N) is 1. The van der Waals surface area contributed by atoms with E-state index in [4.69, 9.17) is 10.5 Å². The topological polar surface area (TPSA) is 64.4 Å². The fraction of sp³-hybridized carbons (Fsp3) is 0.909. The molecule has 1 aliphatic carbocycles. The van der Waals surface area contributed by atoms with Gasteiger partial charge in [-0.2, -0.15) is 0 Å². The summed E-state index contributed by atoms with van der Waals surface area (Å²) < 4.78 is 5.43. The number of rotatable bonds is 4. The molecule has 1 unspecified atom stereocenters. The molecule has 2 rings (SSSR count). The highest BCUT2D eigenvalue weighted by Crippen LogP contribution is 2.31. The lowest BCUT2D eigenvalue weighted by Gasteiger charge is -2.37. The zero-order valence-corrected chi connectivity index (χ0v) is 9.13. The molecule has 0 radical (unpaired) electrons. The van der Waals surface area contributed by atoms with Gasteiger partial charge in [-0.1, -0.05) is 0 Å². The van der Waals surface area contributed by atoms with E-state index in [0.29, 0.717) is 13.0 Å². The summed E-state index contributed by atoms with van der Waals surface area (Å²) in [4.78, 5) is 11.6. The second-order valence-corrected chi connectivity index (χ2v) is 4.83. The SMILES string of the molecule is NC1(CC(=O)NCC2CCCO2)CCC1. The summed E-state index contributed by atoms with van der Waals surface area (Å²) >= 11 is 0. The molecule has 1 aliphatic heterocycles. The van der Waals surface area contributed by atoms with Crippen LogP contribution in [0, 0.1) is 0 Å². The van der Waals surface area contributed by atoms with E-state index < -0.39 is 0 Å². The number of carbonyl (C=O) groups is 1. The quantitative estimate of drug-likeness (QED) is 0.715. The average molecular weight is 212 g/mol. The Balaban J connectivity index is 1.63. The monoisotopic (exact) mass is 212 g/mol. The maximum atomic E-state index is 11.6. The molecule has 1 atom stereocenters. The van der Waals surface area contributed by atoms with Gasteiger partial charge in [0, 0.05) is 25.1 Å². The van der Waals surface area contributed by atoms with Crippen LogP contribution in [0.15, 0.2) is 0 Å². The van der Waals surface area contributed by atoms with E-state index in [2.05, 4.69) is 5.32 Å². The fourth-order valence-electron chi connectivity index (χ4n) is 2.22. The molecule has 4 heteroatoms. The van der Waals surface area contributed by atoms with E-state index in [1.807, 2.05) is 0 Å². The normalized spacial score (nSPS) is 28.5. The van der Waals surface area contributed by atoms with Crippen molar-refractivity contribution >= 4 is 5.91 Å². The molecule has 2 aliphatic rings. The second-order valence-electron chi connectivity index (χ2n) is 4.83. The van der Waals surface area contributed by atoms with E-state index >= 15 is 0 Å². The van der Waals surface area contributed by atoms with Gasteiger partial charge in [0.25, 0.3) is 0 Å². The molecular formula is C11H20N2O2. The zero-order valence-electron chi connectivity index (χ0n) is 9.13. The molecule has 3 N–H and O–H groups in total. The van der Waals surface area contributed by atoms with Crippen molar-refractivity contribution in [2.24, 2.45) is 5.73 Å². The Kier molecular flexibility index (Phi) is 3.26. The predicted octanol–water partition coefficient (Wildman–Crippen LogP) is 0.553. The molecule has 15 heavy (non-hydrogen) atoms. The van der Waals surface area contributed by atoms with E-state index in [1.165, 1.54) is 0 Å². The molecule has 0 aromatic heterocycles. The van der Waals surface area contributed by atoms with Gasteiger partial charge < -0.3 is 15.8 Å².